The maximum Gasteiger partial charge on any atom is 0.303 e. The number of aldehydes is 1. The number of ether oxygens (including phenoxy) is 7. The summed E-state index contributed by atoms with van der Waals surface area (Å²) in [4.78, 5) is 57.5. The number of esters is 4. The maximum absolute atomic E-state index is 11.8. The van der Waals surface area contributed by atoms with E-state index in [0.29, 0.717) is 17.7 Å². The molecule has 0 radical (unpaired) electrons. The standard InChI is InChI=1S/C24H30O12/c1-14(26)32-13-20-21(33-15(2)27)22(34-16(3)28)23(35-17(4)29)24(36-20)31-11-5-10-30-19-8-6-18(12-25)7-9-19/h6-9,12,20-24H,5,10-11,13H2,1-4H3. The van der Waals surface area contributed by atoms with Crippen LogP contribution in [0.2, 0.25) is 0 Å². The van der Waals surface area contributed by atoms with Gasteiger partial charge in [0, 0.05) is 39.7 Å². The maximum atomic E-state index is 11.8. The van der Waals surface area contributed by atoms with Crippen molar-refractivity contribution in [3.05, 3.63) is 29.8 Å². The number of hydrogen-bond donors (Lipinski definition) is 0. The van der Waals surface area contributed by atoms with Crippen LogP contribution in [0.25, 0.3) is 0 Å². The van der Waals surface area contributed by atoms with Gasteiger partial charge in [0.15, 0.2) is 24.6 Å². The molecule has 1 heterocycles. The molecule has 0 spiro atoms. The van der Waals surface area contributed by atoms with Crippen LogP contribution in [0.4, 0.5) is 0 Å². The van der Waals surface area contributed by atoms with Crippen molar-refractivity contribution in [2.24, 2.45) is 0 Å². The topological polar surface area (TPSA) is 150 Å². The van der Waals surface area contributed by atoms with Crippen LogP contribution in [0.15, 0.2) is 24.3 Å². The fourth-order valence-electron chi connectivity index (χ4n) is 3.41. The highest BCUT2D eigenvalue weighted by molar-refractivity contribution is 5.74. The van der Waals surface area contributed by atoms with Crippen LogP contribution in [0.3, 0.4) is 0 Å². The first kappa shape index (κ1) is 28.7. The van der Waals surface area contributed by atoms with Gasteiger partial charge in [-0.05, 0) is 24.3 Å². The lowest BCUT2D eigenvalue weighted by Crippen LogP contribution is -2.63. The van der Waals surface area contributed by atoms with E-state index in [0.717, 1.165) is 27.1 Å². The number of rotatable bonds is 12. The summed E-state index contributed by atoms with van der Waals surface area (Å²) < 4.78 is 38.2. The van der Waals surface area contributed by atoms with Gasteiger partial charge in [-0.1, -0.05) is 0 Å². The molecule has 0 amide bonds. The highest BCUT2D eigenvalue weighted by Crippen LogP contribution is 2.30. The summed E-state index contributed by atoms with van der Waals surface area (Å²) in [6.07, 6.45) is -5.01. The van der Waals surface area contributed by atoms with Gasteiger partial charge in [0.05, 0.1) is 13.2 Å². The van der Waals surface area contributed by atoms with Crippen LogP contribution in [0.1, 0.15) is 44.5 Å². The van der Waals surface area contributed by atoms with Gasteiger partial charge in [0.25, 0.3) is 0 Å². The molecule has 1 aromatic rings. The van der Waals surface area contributed by atoms with Gasteiger partial charge in [-0.25, -0.2) is 0 Å². The Morgan fingerprint density at radius 2 is 1.39 bits per heavy atom. The lowest BCUT2D eigenvalue weighted by molar-refractivity contribution is -0.308. The molecule has 0 N–H and O–H groups in total. The third-order valence-electron chi connectivity index (χ3n) is 4.80. The minimum Gasteiger partial charge on any atom is -0.494 e. The average molecular weight is 510 g/mol. The minimum absolute atomic E-state index is 0.0835. The van der Waals surface area contributed by atoms with Crippen LogP contribution in [-0.4, -0.2) is 80.7 Å². The Hall–Kier alpha value is -3.51. The van der Waals surface area contributed by atoms with Gasteiger partial charge in [0.2, 0.25) is 0 Å². The number of carbonyl (C=O) groups is 5. The van der Waals surface area contributed by atoms with Gasteiger partial charge in [-0.3, -0.25) is 24.0 Å². The smallest absolute Gasteiger partial charge is 0.303 e. The molecule has 12 heteroatoms. The highest BCUT2D eigenvalue weighted by Gasteiger charge is 2.52. The molecule has 1 fully saturated rings. The Bertz CT molecular complexity index is 912. The molecule has 1 aliphatic rings. The third-order valence-corrected chi connectivity index (χ3v) is 4.80. The molecule has 2 rings (SSSR count). The van der Waals surface area contributed by atoms with Crippen molar-refractivity contribution in [3.63, 3.8) is 0 Å². The summed E-state index contributed by atoms with van der Waals surface area (Å²) in [6.45, 7) is 4.63. The molecule has 1 saturated heterocycles. The molecule has 1 aliphatic heterocycles. The Morgan fingerprint density at radius 1 is 0.806 bits per heavy atom. The first-order valence-electron chi connectivity index (χ1n) is 11.2. The molecular formula is C24H30O12. The summed E-state index contributed by atoms with van der Waals surface area (Å²) >= 11 is 0. The van der Waals surface area contributed by atoms with Crippen molar-refractivity contribution < 1.29 is 57.1 Å². The first-order chi connectivity index (χ1) is 17.1. The van der Waals surface area contributed by atoms with Crippen molar-refractivity contribution in [2.45, 2.75) is 64.8 Å². The summed E-state index contributed by atoms with van der Waals surface area (Å²) in [7, 11) is 0. The summed E-state index contributed by atoms with van der Waals surface area (Å²) in [5.74, 6) is -2.20. The fraction of sp³-hybridized carbons (Fsp3) is 0.542. The van der Waals surface area contributed by atoms with E-state index < -0.39 is 54.6 Å². The fourth-order valence-corrected chi connectivity index (χ4v) is 3.41. The predicted octanol–water partition coefficient (Wildman–Crippen LogP) is 1.37. The molecule has 0 saturated carbocycles. The van der Waals surface area contributed by atoms with Crippen LogP contribution in [-0.2, 0) is 47.6 Å². The minimum atomic E-state index is -1.29. The van der Waals surface area contributed by atoms with E-state index in [2.05, 4.69) is 0 Å². The largest absolute Gasteiger partial charge is 0.494 e. The zero-order valence-electron chi connectivity index (χ0n) is 20.5. The zero-order valence-corrected chi connectivity index (χ0v) is 20.5. The van der Waals surface area contributed by atoms with E-state index in [-0.39, 0.29) is 19.8 Å². The Kier molecular flexibility index (Phi) is 11.3. The van der Waals surface area contributed by atoms with Crippen LogP contribution < -0.4 is 4.74 Å². The normalized spacial score (nSPS) is 23.2. The molecule has 5 unspecified atom stereocenters. The van der Waals surface area contributed by atoms with E-state index in [4.69, 9.17) is 33.2 Å². The van der Waals surface area contributed by atoms with E-state index in [1.165, 1.54) is 6.92 Å². The number of hydrogen-bond acceptors (Lipinski definition) is 12. The molecule has 36 heavy (non-hydrogen) atoms. The summed E-state index contributed by atoms with van der Waals surface area (Å²) in [5, 5.41) is 0. The molecule has 0 aromatic heterocycles. The molecule has 0 bridgehead atoms. The Labute approximate surface area is 208 Å². The van der Waals surface area contributed by atoms with Gasteiger partial charge in [0.1, 0.15) is 24.7 Å². The van der Waals surface area contributed by atoms with E-state index in [1.54, 1.807) is 24.3 Å². The quantitative estimate of drug-likeness (QED) is 0.173. The number of carbonyl (C=O) groups excluding carboxylic acids is 5. The molecule has 12 nitrogen and oxygen atoms in total. The van der Waals surface area contributed by atoms with E-state index in [9.17, 15) is 24.0 Å². The van der Waals surface area contributed by atoms with Crippen LogP contribution in [0, 0.1) is 0 Å². The first-order valence-corrected chi connectivity index (χ1v) is 11.2. The van der Waals surface area contributed by atoms with Gasteiger partial charge >= 0.3 is 23.9 Å². The van der Waals surface area contributed by atoms with Crippen molar-refractivity contribution in [1.29, 1.82) is 0 Å². The number of benzene rings is 1. The molecule has 0 aliphatic carbocycles. The Morgan fingerprint density at radius 3 is 1.94 bits per heavy atom. The molecule has 5 atom stereocenters. The van der Waals surface area contributed by atoms with Crippen molar-refractivity contribution in [1.82, 2.24) is 0 Å². The van der Waals surface area contributed by atoms with Crippen LogP contribution in [0.5, 0.6) is 5.75 Å². The second-order valence-electron chi connectivity index (χ2n) is 7.83. The SMILES string of the molecule is CC(=O)OCC1OC(OCCCOc2ccc(C=O)cc2)C(OC(C)=O)C(OC(C)=O)C1OC(C)=O. The second-order valence-corrected chi connectivity index (χ2v) is 7.83. The van der Waals surface area contributed by atoms with E-state index in [1.807, 2.05) is 0 Å². The third kappa shape index (κ3) is 9.27. The molecular weight excluding hydrogens is 480 g/mol. The van der Waals surface area contributed by atoms with Gasteiger partial charge < -0.3 is 33.2 Å². The second kappa shape index (κ2) is 14.1. The van der Waals surface area contributed by atoms with Crippen LogP contribution >= 0.6 is 0 Å². The molecule has 1 aromatic carbocycles. The van der Waals surface area contributed by atoms with E-state index >= 15 is 0 Å². The lowest BCUT2D eigenvalue weighted by atomic mass is 9.98. The van der Waals surface area contributed by atoms with Crippen molar-refractivity contribution >= 4 is 30.2 Å². The lowest BCUT2D eigenvalue weighted by Gasteiger charge is -2.44. The highest BCUT2D eigenvalue weighted by atomic mass is 16.7. The van der Waals surface area contributed by atoms with Gasteiger partial charge in [-0.2, -0.15) is 0 Å². The summed E-state index contributed by atoms with van der Waals surface area (Å²) in [6, 6.07) is 6.56. The zero-order chi connectivity index (χ0) is 26.7. The predicted molar refractivity (Wildman–Crippen MR) is 120 cm³/mol. The molecule has 198 valence electrons. The van der Waals surface area contributed by atoms with Crippen molar-refractivity contribution in [3.8, 4) is 5.75 Å². The van der Waals surface area contributed by atoms with Gasteiger partial charge in [-0.15, -0.1) is 0 Å². The average Bonchev–Trinajstić information content (AvgIpc) is 2.80. The summed E-state index contributed by atoms with van der Waals surface area (Å²) in [5.41, 5.74) is 0.523. The van der Waals surface area contributed by atoms with Crippen molar-refractivity contribution in [2.75, 3.05) is 19.8 Å². The monoisotopic (exact) mass is 510 g/mol. The Balaban J connectivity index is 2.12.